The third kappa shape index (κ3) is 25.6. The Morgan fingerprint density at radius 3 is 1.08 bits per heavy atom. The van der Waals surface area contributed by atoms with E-state index in [9.17, 15) is 13.2 Å². The third-order valence-electron chi connectivity index (χ3n) is 21.8. The summed E-state index contributed by atoms with van der Waals surface area (Å²) in [5.41, 5.74) is 7.42. The van der Waals surface area contributed by atoms with Crippen molar-refractivity contribution in [2.45, 2.75) is 178 Å². The number of pyridine rings is 4. The maximum atomic E-state index is 10.7. The number of rotatable bonds is 18. The van der Waals surface area contributed by atoms with Gasteiger partial charge in [-0.1, -0.05) is 236 Å². The van der Waals surface area contributed by atoms with Crippen molar-refractivity contribution in [3.05, 3.63) is 372 Å². The maximum absolute atomic E-state index is 10.7. The molecule has 17 nitrogen and oxygen atoms in total. The van der Waals surface area contributed by atoms with Gasteiger partial charge in [-0.15, -0.1) is 126 Å². The van der Waals surface area contributed by atoms with Gasteiger partial charge in [-0.05, 0) is 203 Å². The number of aryl methyl sites for hydroxylation is 2. The van der Waals surface area contributed by atoms with E-state index in [1.54, 1.807) is 189 Å². The van der Waals surface area contributed by atoms with Crippen LogP contribution in [0, 0.1) is 49.8 Å². The largest absolute Gasteiger partial charge is 0.522 e. The fraction of sp³-hybridized carbons (Fsp3) is 0.258. The van der Waals surface area contributed by atoms with Gasteiger partial charge in [0.2, 0.25) is 11.4 Å². The molecule has 0 aliphatic carbocycles. The molecule has 0 aliphatic rings. The first-order valence-electron chi connectivity index (χ1n) is 59.9. The number of nitrogens with zero attached hydrogens (tertiary/aromatic N) is 10. The SMILES string of the molecule is CO.CO.O=S(=O)(O)C(F)(F)F.[2H]C(C)(C)c1cccc(C([2H])(C([2H])([2H])[2H])C([2H])([2H])[2H])c1-n1c(-c2[c-]cccc2)nc2ccccc21.[2H]C(C)(C)c1cccc(C([2H])(C)C([2H])([2H])[2H])c1-n1c(-c2[c-]cccc2)nc2ccccc21.[2H]C([2H])([2H])C([2H])(C)c1cccc(C([2H])(C)C([2H])([2H])[2H])c1-n1c(-c2[c-]cccc2)nc2ccccc21.[2H]C([2H])([2H])c1ccc2c(n1)oc1c(-c3cc(C([2H])([2H])C(C)C)ccn3)[c-]ccc12.[2H]C([2H])([2H])c1ccc2c(n1)oc1c(-c3cc(C([2H])([2H])C(C)C)ccn3)cccc12.[Ir].[Ir]. The van der Waals surface area contributed by atoms with E-state index in [1.165, 1.54) is 63.2 Å². The molecule has 9 heterocycles. The fourth-order valence-corrected chi connectivity index (χ4v) is 15.9. The smallest absolute Gasteiger partial charge is 0.486 e. The second-order valence-corrected chi connectivity index (χ2v) is 34.3. The molecule has 0 aliphatic heterocycles. The minimum Gasteiger partial charge on any atom is -0.486 e. The summed E-state index contributed by atoms with van der Waals surface area (Å²) in [6.07, 6.45) is 0.174. The molecule has 11 aromatic carbocycles. The number of aromatic nitrogens is 10. The molecule has 744 valence electrons. The van der Waals surface area contributed by atoms with Crippen molar-refractivity contribution < 1.29 is 128 Å². The molecule has 0 spiro atoms. The predicted octanol–water partition coefficient (Wildman–Crippen LogP) is 30.7. The normalized spacial score (nSPS) is 16.8. The van der Waals surface area contributed by atoms with Crippen molar-refractivity contribution in [1.29, 1.82) is 0 Å². The number of para-hydroxylation sites is 10. The van der Waals surface area contributed by atoms with Crippen LogP contribution >= 0.6 is 0 Å². The Hall–Kier alpha value is -13.1. The van der Waals surface area contributed by atoms with Gasteiger partial charge in [-0.2, -0.15) is 21.6 Å². The Kier molecular flexibility index (Phi) is 25.7. The van der Waals surface area contributed by atoms with Crippen LogP contribution in [-0.2, 0) is 63.1 Å². The van der Waals surface area contributed by atoms with Crippen LogP contribution in [0.3, 0.4) is 0 Å². The summed E-state index contributed by atoms with van der Waals surface area (Å²) in [5, 5.41) is 17.0. The molecule has 0 bridgehead atoms. The van der Waals surface area contributed by atoms with Crippen LogP contribution < -0.4 is 0 Å². The average Bonchev–Trinajstić information content (AvgIpc) is 1.37. The summed E-state index contributed by atoms with van der Waals surface area (Å²) < 4.78 is 328. The molecule has 3 unspecified atom stereocenters. The van der Waals surface area contributed by atoms with Crippen LogP contribution in [0.25, 0.3) is 151 Å². The van der Waals surface area contributed by atoms with Gasteiger partial charge in [-0.3, -0.25) is 24.5 Å². The molecule has 2 radical (unpaired) electrons. The fourth-order valence-electron chi connectivity index (χ4n) is 15.9. The van der Waals surface area contributed by atoms with E-state index in [1.807, 2.05) is 129 Å². The molecule has 0 amide bonds. The average molecular weight is 2320 g/mol. The Morgan fingerprint density at radius 1 is 0.385 bits per heavy atom. The number of benzene rings is 11. The van der Waals surface area contributed by atoms with Crippen LogP contribution in [0.4, 0.5) is 13.2 Å². The number of halogens is 3. The van der Waals surface area contributed by atoms with Crippen LogP contribution in [0.5, 0.6) is 0 Å². The summed E-state index contributed by atoms with van der Waals surface area (Å²) >= 11 is 0. The van der Waals surface area contributed by atoms with Gasteiger partial charge in [-0.25, -0.2) is 9.97 Å². The van der Waals surface area contributed by atoms with E-state index in [-0.39, 0.29) is 103 Å². The molecule has 143 heavy (non-hydrogen) atoms. The topological polar surface area (TPSA) is 226 Å². The first-order chi connectivity index (χ1) is 79.7. The van der Waals surface area contributed by atoms with Gasteiger partial charge in [0.1, 0.15) is 5.58 Å². The number of hydrogen-bond donors (Lipinski definition) is 3. The van der Waals surface area contributed by atoms with Crippen molar-refractivity contribution in [2.75, 3.05) is 14.2 Å². The standard InChI is InChI=1S/3C25H25N2.C21H20N2O.C21H19N2O.CHF3O3S.2CH4O.2Ir/c3*1-17(2)20-13-10-14-21(18(3)4)24(20)27-23-16-9-8-15-22(23)26-25(27)19-11-6-5-7-12-19;2*1-13(2)11-15-9-10-22-19(12-15)18-6-4-5-16-17-8-7-14(3)23-21(17)24-20(16)18;2-1(3,4)8(5,6)7;2*1-2;;/h3*5-11,13-18H,1-4H3;4-10,12-13H,11H2,1-3H3;4-5,7-10,12-13H,11H2,1-3H3;(H,5,6,7);2*2H,1H3;;/q3*-1;;-1;;;;;/i1D3,3D3,17D,18D;1D3,2D3,17D,18D;1D3,17D,18D;2*3D3,11D2;;;;;. The zero-order chi connectivity index (χ0) is 128. The van der Waals surface area contributed by atoms with Crippen LogP contribution in [0.1, 0.15) is 244 Å². The first kappa shape index (κ1) is 73.9. The Labute approximate surface area is 908 Å². The maximum Gasteiger partial charge on any atom is 0.522 e. The predicted molar refractivity (Wildman–Crippen MR) is 569 cm³/mol. The zero-order valence-electron chi connectivity index (χ0n) is 111. The third-order valence-corrected chi connectivity index (χ3v) is 22.4. The summed E-state index contributed by atoms with van der Waals surface area (Å²) in [6.45, 7) is -0.896. The van der Waals surface area contributed by atoms with Gasteiger partial charge >= 0.3 is 15.6 Å². The summed E-state index contributed by atoms with van der Waals surface area (Å²) in [7, 11) is -3.84. The van der Waals surface area contributed by atoms with Gasteiger partial charge < -0.3 is 37.7 Å². The van der Waals surface area contributed by atoms with Gasteiger partial charge in [0.25, 0.3) is 0 Å². The van der Waals surface area contributed by atoms with Gasteiger partial charge in [0.05, 0.1) is 61.9 Å². The van der Waals surface area contributed by atoms with Crippen molar-refractivity contribution in [3.63, 3.8) is 0 Å². The minimum atomic E-state index is -5.84. The Morgan fingerprint density at radius 2 is 0.727 bits per heavy atom. The second kappa shape index (κ2) is 49.8. The molecule has 23 heteroatoms. The molecular weight excluding hydrogens is 2170 g/mol. The van der Waals surface area contributed by atoms with Crippen LogP contribution in [-0.4, -0.2) is 91.5 Å². The van der Waals surface area contributed by atoms with E-state index >= 15 is 0 Å². The number of aliphatic hydroxyl groups is 2. The van der Waals surface area contributed by atoms with E-state index in [4.69, 9.17) is 89.5 Å². The number of aliphatic hydroxyl groups excluding tert-OH is 2. The number of imidazole rings is 3. The van der Waals surface area contributed by atoms with E-state index in [2.05, 4.69) is 44.2 Å². The molecule has 0 fully saturated rings. The first-order valence-corrected chi connectivity index (χ1v) is 45.9. The summed E-state index contributed by atoms with van der Waals surface area (Å²) in [4.78, 5) is 31.5. The van der Waals surface area contributed by atoms with Crippen molar-refractivity contribution in [3.8, 4) is 73.7 Å². The Bertz CT molecular complexity index is 8870. The monoisotopic (exact) mass is 2320 g/mol. The summed E-state index contributed by atoms with van der Waals surface area (Å²) in [6, 6.07) is 93.1. The minimum absolute atomic E-state index is 0. The molecule has 0 saturated carbocycles. The van der Waals surface area contributed by atoms with Crippen molar-refractivity contribution in [2.24, 2.45) is 11.8 Å². The molecule has 20 rings (SSSR count). The molecule has 9 aromatic heterocycles. The number of alkyl halides is 3. The molecule has 3 N–H and O–H groups in total. The van der Waals surface area contributed by atoms with E-state index in [0.717, 1.165) is 47.0 Å². The van der Waals surface area contributed by atoms with Crippen LogP contribution in [0.2, 0.25) is 0 Å². The summed E-state index contributed by atoms with van der Waals surface area (Å²) in [5.74, 6) is -10.4. The second-order valence-electron chi connectivity index (χ2n) is 32.9. The molecule has 0 saturated heterocycles. The van der Waals surface area contributed by atoms with E-state index in [0.29, 0.717) is 123 Å². The van der Waals surface area contributed by atoms with Crippen molar-refractivity contribution >= 4 is 87.4 Å². The zero-order valence-corrected chi connectivity index (χ0v) is 85.6. The Balaban J connectivity index is 0.000000198. The quantitative estimate of drug-likeness (QED) is 0.0413. The molecule has 3 atom stereocenters. The van der Waals surface area contributed by atoms with Gasteiger partial charge in [0, 0.05) is 159 Å². The van der Waals surface area contributed by atoms with Crippen molar-refractivity contribution in [1.82, 2.24) is 48.6 Å². The number of furan rings is 2. The molecule has 20 aromatic rings. The number of hydrogen-bond acceptors (Lipinski definition) is 13. The van der Waals surface area contributed by atoms with Crippen LogP contribution in [0.15, 0.2) is 300 Å². The van der Waals surface area contributed by atoms with Gasteiger partial charge in [0.15, 0.2) is 0 Å². The number of fused-ring (bicyclic) bond motifs is 9. The molecular formula is C120H123F3Ir2N10O7S-4. The van der Waals surface area contributed by atoms with E-state index < -0.39 is 112 Å².